The number of alkyl halides is 2. The number of rotatable bonds is 6. The first-order chi connectivity index (χ1) is 13.2. The van der Waals surface area contributed by atoms with Crippen LogP contribution in [0.25, 0.3) is 0 Å². The van der Waals surface area contributed by atoms with Crippen molar-refractivity contribution in [2.45, 2.75) is 26.4 Å². The summed E-state index contributed by atoms with van der Waals surface area (Å²) < 4.78 is 41.9. The third-order valence-corrected chi connectivity index (χ3v) is 5.12. The van der Waals surface area contributed by atoms with Crippen molar-refractivity contribution in [2.24, 2.45) is 0 Å². The third-order valence-electron chi connectivity index (χ3n) is 3.87. The van der Waals surface area contributed by atoms with Crippen molar-refractivity contribution in [3.8, 4) is 0 Å². The van der Waals surface area contributed by atoms with Gasteiger partial charge in [-0.05, 0) is 40.5 Å². The van der Waals surface area contributed by atoms with Crippen LogP contribution >= 0.6 is 27.5 Å². The molecular weight excluding hydrogens is 463 g/mol. The van der Waals surface area contributed by atoms with E-state index in [0.717, 1.165) is 0 Å². The van der Waals surface area contributed by atoms with Crippen LogP contribution in [-0.2, 0) is 17.9 Å². The van der Waals surface area contributed by atoms with Gasteiger partial charge in [-0.1, -0.05) is 23.7 Å². The number of hydrogen-bond acceptors (Lipinski definition) is 3. The van der Waals surface area contributed by atoms with Crippen LogP contribution in [0.4, 0.5) is 19.0 Å². The maximum atomic E-state index is 13.3. The highest BCUT2D eigenvalue weighted by Crippen LogP contribution is 2.29. The zero-order chi connectivity index (χ0) is 20.4. The Hall–Kier alpha value is -2.33. The van der Waals surface area contributed by atoms with Gasteiger partial charge in [0.15, 0.2) is 5.82 Å². The molecule has 0 fully saturated rings. The van der Waals surface area contributed by atoms with E-state index < -0.39 is 18.0 Å². The van der Waals surface area contributed by atoms with Gasteiger partial charge in [-0.25, -0.2) is 13.2 Å². The number of anilines is 1. The van der Waals surface area contributed by atoms with Gasteiger partial charge in [0, 0.05) is 6.20 Å². The second-order valence-corrected chi connectivity index (χ2v) is 7.14. The summed E-state index contributed by atoms with van der Waals surface area (Å²) in [5.41, 5.74) is 0.643. The molecule has 1 aromatic carbocycles. The molecule has 0 aliphatic rings. The Morgan fingerprint density at radius 1 is 1.36 bits per heavy atom. The molecule has 0 atom stereocenters. The molecule has 0 bridgehead atoms. The first-order valence-electron chi connectivity index (χ1n) is 8.02. The number of nitrogens with zero attached hydrogens (tertiary/aromatic N) is 4. The van der Waals surface area contributed by atoms with Gasteiger partial charge in [0.25, 0.3) is 6.43 Å². The van der Waals surface area contributed by atoms with Gasteiger partial charge >= 0.3 is 0 Å². The van der Waals surface area contributed by atoms with Crippen molar-refractivity contribution in [1.82, 2.24) is 19.6 Å². The number of carbonyl (C=O) groups is 1. The molecule has 0 saturated carbocycles. The molecule has 0 unspecified atom stereocenters. The number of hydrogen-bond donors (Lipinski definition) is 1. The number of nitrogens with one attached hydrogen (secondary N) is 1. The van der Waals surface area contributed by atoms with Gasteiger partial charge in [0.05, 0.1) is 16.7 Å². The van der Waals surface area contributed by atoms with Gasteiger partial charge in [0.1, 0.15) is 23.1 Å². The zero-order valence-corrected chi connectivity index (χ0v) is 16.8. The maximum Gasteiger partial charge on any atom is 0.283 e. The van der Waals surface area contributed by atoms with Crippen molar-refractivity contribution < 1.29 is 18.0 Å². The standard InChI is InChI=1S/C17H14BrClF3N5O/c1-9-14(18)15(16(21)22)24-27(9)8-13(28)23-17-12(19)7-26(25-17)6-10-3-2-4-11(20)5-10/h2-5,7,16H,6,8H2,1H3,(H,23,25,28). The largest absolute Gasteiger partial charge is 0.306 e. The summed E-state index contributed by atoms with van der Waals surface area (Å²) >= 11 is 9.14. The second-order valence-electron chi connectivity index (χ2n) is 5.94. The predicted molar refractivity (Wildman–Crippen MR) is 101 cm³/mol. The lowest BCUT2D eigenvalue weighted by Crippen LogP contribution is -2.21. The number of aromatic nitrogens is 4. The van der Waals surface area contributed by atoms with Crippen molar-refractivity contribution in [3.63, 3.8) is 0 Å². The van der Waals surface area contributed by atoms with E-state index in [4.69, 9.17) is 11.6 Å². The van der Waals surface area contributed by atoms with Crippen LogP contribution in [0.15, 0.2) is 34.9 Å². The molecule has 1 N–H and O–H groups in total. The van der Waals surface area contributed by atoms with Crippen LogP contribution in [0.5, 0.6) is 0 Å². The van der Waals surface area contributed by atoms with Crippen LogP contribution in [0.3, 0.4) is 0 Å². The average molecular weight is 477 g/mol. The summed E-state index contributed by atoms with van der Waals surface area (Å²) in [7, 11) is 0. The van der Waals surface area contributed by atoms with Gasteiger partial charge in [-0.3, -0.25) is 14.2 Å². The van der Waals surface area contributed by atoms with Crippen LogP contribution in [0.1, 0.15) is 23.4 Å². The summed E-state index contributed by atoms with van der Waals surface area (Å²) in [6, 6.07) is 6.01. The molecule has 148 valence electrons. The zero-order valence-electron chi connectivity index (χ0n) is 14.5. The lowest BCUT2D eigenvalue weighted by molar-refractivity contribution is -0.117. The molecule has 0 spiro atoms. The fraction of sp³-hybridized carbons (Fsp3) is 0.235. The molecule has 3 aromatic rings. The third kappa shape index (κ3) is 4.56. The highest BCUT2D eigenvalue weighted by molar-refractivity contribution is 9.10. The van der Waals surface area contributed by atoms with Crippen LogP contribution < -0.4 is 5.32 Å². The van der Waals surface area contributed by atoms with Crippen molar-refractivity contribution in [3.05, 3.63) is 62.7 Å². The fourth-order valence-electron chi connectivity index (χ4n) is 2.53. The van der Waals surface area contributed by atoms with E-state index in [2.05, 4.69) is 31.4 Å². The Morgan fingerprint density at radius 2 is 2.11 bits per heavy atom. The Labute approximate surface area is 171 Å². The summed E-state index contributed by atoms with van der Waals surface area (Å²) in [5, 5.41) is 10.6. The Morgan fingerprint density at radius 3 is 2.75 bits per heavy atom. The van der Waals surface area contributed by atoms with E-state index in [1.807, 2.05) is 0 Å². The topological polar surface area (TPSA) is 64.7 Å². The SMILES string of the molecule is Cc1c(Br)c(C(F)F)nn1CC(=O)Nc1nn(Cc2cccc(F)c2)cc1Cl. The highest BCUT2D eigenvalue weighted by Gasteiger charge is 2.21. The van der Waals surface area contributed by atoms with Gasteiger partial charge in [0.2, 0.25) is 5.91 Å². The van der Waals surface area contributed by atoms with Gasteiger partial charge < -0.3 is 5.32 Å². The Balaban J connectivity index is 1.69. The lowest BCUT2D eigenvalue weighted by atomic mass is 10.2. The van der Waals surface area contributed by atoms with Crippen molar-refractivity contribution in [2.75, 3.05) is 5.32 Å². The minimum absolute atomic E-state index is 0.112. The van der Waals surface area contributed by atoms with Crippen LogP contribution in [0.2, 0.25) is 5.02 Å². The smallest absolute Gasteiger partial charge is 0.283 e. The number of halogens is 5. The van der Waals surface area contributed by atoms with E-state index in [0.29, 0.717) is 11.3 Å². The monoisotopic (exact) mass is 475 g/mol. The van der Waals surface area contributed by atoms with E-state index in [1.165, 1.54) is 27.7 Å². The van der Waals surface area contributed by atoms with E-state index >= 15 is 0 Å². The molecule has 0 aliphatic heterocycles. The minimum atomic E-state index is -2.76. The first kappa shape index (κ1) is 20.4. The minimum Gasteiger partial charge on any atom is -0.306 e. The van der Waals surface area contributed by atoms with Crippen molar-refractivity contribution >= 4 is 39.3 Å². The Bertz CT molecular complexity index is 1020. The average Bonchev–Trinajstić information content (AvgIpc) is 3.09. The van der Waals surface area contributed by atoms with Crippen LogP contribution in [0, 0.1) is 12.7 Å². The van der Waals surface area contributed by atoms with Gasteiger partial charge in [-0.2, -0.15) is 10.2 Å². The lowest BCUT2D eigenvalue weighted by Gasteiger charge is -2.05. The maximum absolute atomic E-state index is 13.3. The first-order valence-corrected chi connectivity index (χ1v) is 9.20. The molecule has 0 aliphatic carbocycles. The fourth-order valence-corrected chi connectivity index (χ4v) is 3.19. The molecule has 11 heteroatoms. The van der Waals surface area contributed by atoms with Crippen molar-refractivity contribution in [1.29, 1.82) is 0 Å². The molecule has 3 rings (SSSR count). The molecular formula is C17H14BrClF3N5O. The molecule has 1 amide bonds. The normalized spacial score (nSPS) is 11.2. The second kappa shape index (κ2) is 8.36. The molecule has 0 saturated heterocycles. The number of carbonyl (C=O) groups excluding carboxylic acids is 1. The van der Waals surface area contributed by atoms with E-state index in [9.17, 15) is 18.0 Å². The summed E-state index contributed by atoms with van der Waals surface area (Å²) in [6.45, 7) is 1.54. The number of benzene rings is 1. The highest BCUT2D eigenvalue weighted by atomic mass is 79.9. The molecule has 2 heterocycles. The molecule has 2 aromatic heterocycles. The predicted octanol–water partition coefficient (Wildman–Crippen LogP) is 4.57. The molecule has 0 radical (unpaired) electrons. The summed E-state index contributed by atoms with van der Waals surface area (Å²) in [5.74, 6) is -0.786. The van der Waals surface area contributed by atoms with E-state index in [-0.39, 0.29) is 34.2 Å². The van der Waals surface area contributed by atoms with Crippen LogP contribution in [-0.4, -0.2) is 25.5 Å². The molecule has 6 nitrogen and oxygen atoms in total. The number of amides is 1. The Kier molecular flexibility index (Phi) is 6.09. The summed E-state index contributed by atoms with van der Waals surface area (Å²) in [6.07, 6.45) is -1.27. The van der Waals surface area contributed by atoms with Gasteiger partial charge in [-0.15, -0.1) is 0 Å². The summed E-state index contributed by atoms with van der Waals surface area (Å²) in [4.78, 5) is 12.3. The molecule has 28 heavy (non-hydrogen) atoms. The van der Waals surface area contributed by atoms with E-state index in [1.54, 1.807) is 19.1 Å². The quantitative estimate of drug-likeness (QED) is 0.567.